The molecule has 1 rings (SSSR count). The predicted molar refractivity (Wildman–Crippen MR) is 66.5 cm³/mol. The van der Waals surface area contributed by atoms with Crippen molar-refractivity contribution in [2.24, 2.45) is 5.73 Å². The highest BCUT2D eigenvalue weighted by molar-refractivity contribution is 5.85. The maximum atomic E-state index is 11.5. The highest BCUT2D eigenvalue weighted by atomic mass is 35.5. The zero-order valence-electron chi connectivity index (χ0n) is 9.56. The summed E-state index contributed by atoms with van der Waals surface area (Å²) in [6.07, 6.45) is 3.72. The van der Waals surface area contributed by atoms with Crippen molar-refractivity contribution >= 4 is 18.3 Å². The number of rotatable bonds is 4. The number of amides is 1. The number of halogens is 1. The van der Waals surface area contributed by atoms with Gasteiger partial charge in [-0.05, 0) is 25.5 Å². The number of nitrogens with one attached hydrogen (secondary N) is 1. The summed E-state index contributed by atoms with van der Waals surface area (Å²) >= 11 is 0. The van der Waals surface area contributed by atoms with Crippen molar-refractivity contribution < 1.29 is 4.79 Å². The molecule has 1 amide bonds. The first-order valence-electron chi connectivity index (χ1n) is 4.92. The van der Waals surface area contributed by atoms with Gasteiger partial charge < -0.3 is 11.1 Å². The van der Waals surface area contributed by atoms with E-state index in [0.29, 0.717) is 13.0 Å². The van der Waals surface area contributed by atoms with E-state index in [0.717, 1.165) is 5.56 Å². The molecule has 0 bridgehead atoms. The lowest BCUT2D eigenvalue weighted by molar-refractivity contribution is -0.120. The van der Waals surface area contributed by atoms with Gasteiger partial charge in [-0.2, -0.15) is 0 Å². The third-order valence-electron chi connectivity index (χ3n) is 1.83. The van der Waals surface area contributed by atoms with Crippen LogP contribution in [0.2, 0.25) is 0 Å². The smallest absolute Gasteiger partial charge is 0.224 e. The number of pyridine rings is 1. The Kier molecular flexibility index (Phi) is 6.00. The SMILES string of the molecule is CC(C)(N)CNC(=O)Cc1cccnc1.Cl. The molecule has 0 aliphatic heterocycles. The van der Waals surface area contributed by atoms with Crippen molar-refractivity contribution in [1.82, 2.24) is 10.3 Å². The maximum Gasteiger partial charge on any atom is 0.224 e. The Hall–Kier alpha value is -1.13. The van der Waals surface area contributed by atoms with Gasteiger partial charge in [-0.25, -0.2) is 0 Å². The minimum absolute atomic E-state index is 0. The van der Waals surface area contributed by atoms with E-state index in [1.165, 1.54) is 0 Å². The van der Waals surface area contributed by atoms with Gasteiger partial charge >= 0.3 is 0 Å². The van der Waals surface area contributed by atoms with E-state index in [1.807, 2.05) is 26.0 Å². The molecule has 0 spiro atoms. The Labute approximate surface area is 102 Å². The van der Waals surface area contributed by atoms with Crippen LogP contribution >= 0.6 is 12.4 Å². The predicted octanol–water partition coefficient (Wildman–Crippen LogP) is 0.899. The van der Waals surface area contributed by atoms with Crippen LogP contribution in [0.15, 0.2) is 24.5 Å². The average Bonchev–Trinajstić information content (AvgIpc) is 2.15. The lowest BCUT2D eigenvalue weighted by atomic mass is 10.1. The van der Waals surface area contributed by atoms with Crippen molar-refractivity contribution in [3.05, 3.63) is 30.1 Å². The molecule has 0 unspecified atom stereocenters. The van der Waals surface area contributed by atoms with Crippen LogP contribution in [0.4, 0.5) is 0 Å². The van der Waals surface area contributed by atoms with Gasteiger partial charge in [-0.1, -0.05) is 6.07 Å². The molecule has 0 aromatic carbocycles. The van der Waals surface area contributed by atoms with Gasteiger partial charge in [0, 0.05) is 24.5 Å². The Morgan fingerprint density at radius 1 is 1.56 bits per heavy atom. The molecule has 4 nitrogen and oxygen atoms in total. The number of hydrogen-bond donors (Lipinski definition) is 2. The number of nitrogens with two attached hydrogens (primary N) is 1. The van der Waals surface area contributed by atoms with Crippen molar-refractivity contribution in [1.29, 1.82) is 0 Å². The summed E-state index contributed by atoms with van der Waals surface area (Å²) in [6, 6.07) is 3.69. The maximum absolute atomic E-state index is 11.5. The molecule has 90 valence electrons. The lowest BCUT2D eigenvalue weighted by Crippen LogP contribution is -2.45. The Morgan fingerprint density at radius 3 is 2.75 bits per heavy atom. The van der Waals surface area contributed by atoms with Crippen LogP contribution in [-0.4, -0.2) is 23.0 Å². The molecule has 0 aliphatic carbocycles. The Bertz CT molecular complexity index is 322. The normalized spacial score (nSPS) is 10.4. The summed E-state index contributed by atoms with van der Waals surface area (Å²) in [5.74, 6) is -0.0264. The van der Waals surface area contributed by atoms with Crippen LogP contribution in [0.3, 0.4) is 0 Å². The molecule has 0 aliphatic rings. The van der Waals surface area contributed by atoms with E-state index in [-0.39, 0.29) is 23.9 Å². The minimum Gasteiger partial charge on any atom is -0.354 e. The van der Waals surface area contributed by atoms with Crippen LogP contribution in [0.5, 0.6) is 0 Å². The molecule has 0 radical (unpaired) electrons. The van der Waals surface area contributed by atoms with Gasteiger partial charge in [0.25, 0.3) is 0 Å². The molecule has 0 saturated carbocycles. The monoisotopic (exact) mass is 243 g/mol. The fourth-order valence-corrected chi connectivity index (χ4v) is 1.08. The molecular weight excluding hydrogens is 226 g/mol. The van der Waals surface area contributed by atoms with Crippen molar-refractivity contribution in [2.75, 3.05) is 6.54 Å². The second-order valence-corrected chi connectivity index (χ2v) is 4.30. The molecule has 0 fully saturated rings. The van der Waals surface area contributed by atoms with E-state index in [2.05, 4.69) is 10.3 Å². The standard InChI is InChI=1S/C11H17N3O.ClH/c1-11(2,12)8-14-10(15)6-9-4-3-5-13-7-9;/h3-5,7H,6,8,12H2,1-2H3,(H,14,15);1H. The molecule has 1 heterocycles. The summed E-state index contributed by atoms with van der Waals surface area (Å²) in [7, 11) is 0. The largest absolute Gasteiger partial charge is 0.354 e. The van der Waals surface area contributed by atoms with Gasteiger partial charge in [0.1, 0.15) is 0 Å². The summed E-state index contributed by atoms with van der Waals surface area (Å²) in [6.45, 7) is 4.22. The third kappa shape index (κ3) is 6.37. The zero-order chi connectivity index (χ0) is 11.3. The summed E-state index contributed by atoms with van der Waals surface area (Å²) in [5.41, 5.74) is 6.29. The molecule has 1 aromatic rings. The second kappa shape index (κ2) is 6.45. The molecule has 5 heteroatoms. The third-order valence-corrected chi connectivity index (χ3v) is 1.83. The van der Waals surface area contributed by atoms with Gasteiger partial charge in [-0.3, -0.25) is 9.78 Å². The number of hydrogen-bond acceptors (Lipinski definition) is 3. The van der Waals surface area contributed by atoms with Gasteiger partial charge in [0.2, 0.25) is 5.91 Å². The average molecular weight is 244 g/mol. The summed E-state index contributed by atoms with van der Waals surface area (Å²) in [4.78, 5) is 15.4. The topological polar surface area (TPSA) is 68.0 Å². The highest BCUT2D eigenvalue weighted by Crippen LogP contribution is 1.98. The fourth-order valence-electron chi connectivity index (χ4n) is 1.08. The van der Waals surface area contributed by atoms with Crippen LogP contribution in [0.1, 0.15) is 19.4 Å². The summed E-state index contributed by atoms with van der Waals surface area (Å²) in [5, 5.41) is 2.78. The van der Waals surface area contributed by atoms with Gasteiger partial charge in [0.15, 0.2) is 0 Å². The number of aromatic nitrogens is 1. The van der Waals surface area contributed by atoms with Gasteiger partial charge in [-0.15, -0.1) is 12.4 Å². The van der Waals surface area contributed by atoms with Crippen LogP contribution in [0.25, 0.3) is 0 Å². The van der Waals surface area contributed by atoms with E-state index >= 15 is 0 Å². The second-order valence-electron chi connectivity index (χ2n) is 4.30. The molecule has 0 atom stereocenters. The molecule has 3 N–H and O–H groups in total. The molecule has 1 aromatic heterocycles. The Balaban J connectivity index is 0.00000225. The van der Waals surface area contributed by atoms with E-state index in [9.17, 15) is 4.79 Å². The van der Waals surface area contributed by atoms with Crippen LogP contribution in [0, 0.1) is 0 Å². The first kappa shape index (κ1) is 14.9. The molecule has 16 heavy (non-hydrogen) atoms. The number of carbonyl (C=O) groups excluding carboxylic acids is 1. The first-order valence-corrected chi connectivity index (χ1v) is 4.92. The molecular formula is C11H18ClN3O. The van der Waals surface area contributed by atoms with Crippen molar-refractivity contribution in [2.45, 2.75) is 25.8 Å². The van der Waals surface area contributed by atoms with E-state index in [1.54, 1.807) is 12.4 Å². The lowest BCUT2D eigenvalue weighted by Gasteiger charge is -2.18. The zero-order valence-corrected chi connectivity index (χ0v) is 10.4. The Morgan fingerprint density at radius 2 is 2.25 bits per heavy atom. The fraction of sp³-hybridized carbons (Fsp3) is 0.455. The van der Waals surface area contributed by atoms with Crippen molar-refractivity contribution in [3.8, 4) is 0 Å². The van der Waals surface area contributed by atoms with E-state index in [4.69, 9.17) is 5.73 Å². The minimum atomic E-state index is -0.370. The van der Waals surface area contributed by atoms with Crippen molar-refractivity contribution in [3.63, 3.8) is 0 Å². The molecule has 0 saturated heterocycles. The van der Waals surface area contributed by atoms with Crippen LogP contribution < -0.4 is 11.1 Å². The number of carbonyl (C=O) groups is 1. The quantitative estimate of drug-likeness (QED) is 0.826. The van der Waals surface area contributed by atoms with Crippen LogP contribution in [-0.2, 0) is 11.2 Å². The first-order chi connectivity index (χ1) is 6.97. The summed E-state index contributed by atoms with van der Waals surface area (Å²) < 4.78 is 0. The highest BCUT2D eigenvalue weighted by Gasteiger charge is 2.12. The van der Waals surface area contributed by atoms with E-state index < -0.39 is 0 Å². The van der Waals surface area contributed by atoms with Gasteiger partial charge in [0.05, 0.1) is 6.42 Å². The number of nitrogens with zero attached hydrogens (tertiary/aromatic N) is 1.